The van der Waals surface area contributed by atoms with E-state index < -0.39 is 6.61 Å². The average Bonchev–Trinajstić information content (AvgIpc) is 2.90. The molecule has 0 spiro atoms. The first-order chi connectivity index (χ1) is 18.2. The van der Waals surface area contributed by atoms with Crippen molar-refractivity contribution in [2.24, 2.45) is 4.99 Å². The van der Waals surface area contributed by atoms with Crippen molar-refractivity contribution in [3.63, 3.8) is 0 Å². The monoisotopic (exact) mass is 529 g/mol. The van der Waals surface area contributed by atoms with Crippen LogP contribution in [0.25, 0.3) is 11.1 Å². The van der Waals surface area contributed by atoms with Crippen LogP contribution >= 0.6 is 0 Å². The number of benzene rings is 3. The molecule has 0 radical (unpaired) electrons. The van der Waals surface area contributed by atoms with Crippen LogP contribution in [0.5, 0.6) is 0 Å². The van der Waals surface area contributed by atoms with E-state index in [1.807, 2.05) is 25.1 Å². The van der Waals surface area contributed by atoms with Crippen LogP contribution < -0.4 is 10.6 Å². The molecule has 0 unspecified atom stereocenters. The summed E-state index contributed by atoms with van der Waals surface area (Å²) in [6.07, 6.45) is 3.59. The number of aliphatic hydroxyl groups excluding tert-OH is 1. The van der Waals surface area contributed by atoms with E-state index in [9.17, 15) is 22.8 Å². The van der Waals surface area contributed by atoms with Gasteiger partial charge in [0, 0.05) is 24.2 Å². The normalized spacial score (nSPS) is 10.2. The lowest BCUT2D eigenvalue weighted by Crippen LogP contribution is -2.24. The minimum Gasteiger partial charge on any atom is -0.352 e. The van der Waals surface area contributed by atoms with Crippen LogP contribution in [0, 0.1) is 5.82 Å². The molecule has 0 heterocycles. The van der Waals surface area contributed by atoms with Crippen molar-refractivity contribution in [2.45, 2.75) is 40.2 Å². The zero-order valence-electron chi connectivity index (χ0n) is 21.8. The summed E-state index contributed by atoms with van der Waals surface area (Å²) in [4.78, 5) is 27.3. The molecule has 0 saturated heterocycles. The molecule has 6 nitrogen and oxygen atoms in total. The third-order valence-electron chi connectivity index (χ3n) is 4.83. The number of para-hydroxylation sites is 1. The molecule has 38 heavy (non-hydrogen) atoms. The van der Waals surface area contributed by atoms with Crippen molar-refractivity contribution in [3.8, 4) is 11.1 Å². The Kier molecular flexibility index (Phi) is 15.4. The van der Waals surface area contributed by atoms with Gasteiger partial charge in [-0.2, -0.15) is 8.78 Å². The lowest BCUT2D eigenvalue weighted by molar-refractivity contribution is -0.0728. The molecule has 1 amide bonds. The Balaban J connectivity index is 0.000000335. The smallest absolute Gasteiger partial charge is 0.342 e. The highest BCUT2D eigenvalue weighted by Crippen LogP contribution is 2.23. The molecule has 3 N–H and O–H groups in total. The fourth-order valence-electron chi connectivity index (χ4n) is 3.05. The predicted molar refractivity (Wildman–Crippen MR) is 146 cm³/mol. The highest BCUT2D eigenvalue weighted by Gasteiger charge is 2.09. The van der Waals surface area contributed by atoms with Crippen molar-refractivity contribution in [2.75, 3.05) is 18.4 Å². The molecule has 0 saturated carbocycles. The molecular formula is C29H34F3N3O3. The van der Waals surface area contributed by atoms with Crippen LogP contribution in [0.4, 0.5) is 18.9 Å². The highest BCUT2D eigenvalue weighted by atomic mass is 19.3. The Morgan fingerprint density at radius 1 is 0.974 bits per heavy atom. The summed E-state index contributed by atoms with van der Waals surface area (Å²) in [7, 11) is 0. The topological polar surface area (TPSA) is 90.8 Å². The van der Waals surface area contributed by atoms with Gasteiger partial charge in [-0.1, -0.05) is 62.4 Å². The summed E-state index contributed by atoms with van der Waals surface area (Å²) in [5.41, 5.74) is 3.28. The van der Waals surface area contributed by atoms with E-state index in [2.05, 4.69) is 22.5 Å². The number of nitrogens with zero attached hydrogens (tertiary/aromatic N) is 1. The number of Topliss-reactive ketones (excluding diaryl/α,β-unsaturated/α-hetero) is 1. The molecule has 3 aromatic rings. The zero-order valence-corrected chi connectivity index (χ0v) is 21.8. The quantitative estimate of drug-likeness (QED) is 0.166. The Bertz CT molecular complexity index is 1170. The summed E-state index contributed by atoms with van der Waals surface area (Å²) < 4.78 is 33.3. The molecule has 9 heteroatoms. The van der Waals surface area contributed by atoms with E-state index in [1.165, 1.54) is 13.0 Å². The number of carbonyl (C=O) groups excluding carboxylic acids is 2. The van der Waals surface area contributed by atoms with Gasteiger partial charge in [0.15, 0.2) is 5.78 Å². The summed E-state index contributed by atoms with van der Waals surface area (Å²) >= 11 is 0. The largest absolute Gasteiger partial charge is 0.352 e. The van der Waals surface area contributed by atoms with Gasteiger partial charge in [-0.05, 0) is 49.6 Å². The molecule has 0 aliphatic carbocycles. The minimum absolute atomic E-state index is 0.0156. The van der Waals surface area contributed by atoms with Crippen molar-refractivity contribution in [3.05, 3.63) is 89.7 Å². The van der Waals surface area contributed by atoms with Gasteiger partial charge in [0.2, 0.25) is 0 Å². The van der Waals surface area contributed by atoms with E-state index in [0.717, 1.165) is 30.6 Å². The summed E-state index contributed by atoms with van der Waals surface area (Å²) in [5, 5.41) is 12.6. The van der Waals surface area contributed by atoms with Crippen molar-refractivity contribution in [1.82, 2.24) is 5.32 Å². The molecule has 0 fully saturated rings. The highest BCUT2D eigenvalue weighted by molar-refractivity contribution is 6.01. The van der Waals surface area contributed by atoms with Crippen LogP contribution in [-0.2, 0) is 0 Å². The maximum Gasteiger partial charge on any atom is 0.342 e. The SMILES string of the molecule is CC(=O)c1cccc(-c2ccccc2F)c1.CCCN=CNc1ccccc1C(=O)NCCC.OC(F)F. The van der Waals surface area contributed by atoms with Crippen molar-refractivity contribution < 1.29 is 27.9 Å². The number of hydrogen-bond donors (Lipinski definition) is 3. The van der Waals surface area contributed by atoms with Crippen molar-refractivity contribution >= 4 is 23.7 Å². The number of nitrogens with one attached hydrogen (secondary N) is 2. The van der Waals surface area contributed by atoms with Gasteiger partial charge in [-0.3, -0.25) is 14.6 Å². The summed E-state index contributed by atoms with van der Waals surface area (Å²) in [5.74, 6) is -0.342. The lowest BCUT2D eigenvalue weighted by atomic mass is 10.0. The maximum atomic E-state index is 13.5. The minimum atomic E-state index is -3.17. The molecule has 0 aliphatic heterocycles. The van der Waals surface area contributed by atoms with E-state index in [-0.39, 0.29) is 17.5 Å². The Morgan fingerprint density at radius 2 is 1.63 bits per heavy atom. The molecule has 0 aliphatic rings. The van der Waals surface area contributed by atoms with Gasteiger partial charge in [0.1, 0.15) is 5.82 Å². The second-order valence-corrected chi connectivity index (χ2v) is 7.88. The molecule has 3 aromatic carbocycles. The van der Waals surface area contributed by atoms with Crippen LogP contribution in [0.2, 0.25) is 0 Å². The van der Waals surface area contributed by atoms with Gasteiger partial charge >= 0.3 is 6.61 Å². The Labute approximate surface area is 221 Å². The molecular weight excluding hydrogens is 495 g/mol. The number of carbonyl (C=O) groups is 2. The van der Waals surface area contributed by atoms with Crippen LogP contribution in [0.15, 0.2) is 77.8 Å². The zero-order chi connectivity index (χ0) is 28.3. The van der Waals surface area contributed by atoms with E-state index in [4.69, 9.17) is 5.11 Å². The number of alkyl halides is 2. The van der Waals surface area contributed by atoms with Crippen LogP contribution in [0.1, 0.15) is 54.3 Å². The van der Waals surface area contributed by atoms with Gasteiger partial charge in [-0.25, -0.2) is 4.39 Å². The molecule has 3 rings (SSSR count). The molecule has 0 atom stereocenters. The third-order valence-corrected chi connectivity index (χ3v) is 4.83. The van der Waals surface area contributed by atoms with E-state index >= 15 is 0 Å². The fraction of sp³-hybridized carbons (Fsp3) is 0.276. The number of rotatable bonds is 9. The van der Waals surface area contributed by atoms with Crippen LogP contribution in [-0.4, -0.2) is 42.8 Å². The second-order valence-electron chi connectivity index (χ2n) is 7.88. The second kappa shape index (κ2) is 18.3. The molecule has 0 aromatic heterocycles. The summed E-state index contributed by atoms with van der Waals surface area (Å²) in [6.45, 7) is 3.92. The fourth-order valence-corrected chi connectivity index (χ4v) is 3.05. The van der Waals surface area contributed by atoms with Crippen LogP contribution in [0.3, 0.4) is 0 Å². The van der Waals surface area contributed by atoms with Gasteiger partial charge < -0.3 is 15.7 Å². The lowest BCUT2D eigenvalue weighted by Gasteiger charge is -2.08. The number of amides is 1. The predicted octanol–water partition coefficient (Wildman–Crippen LogP) is 6.57. The Hall–Kier alpha value is -3.98. The summed E-state index contributed by atoms with van der Waals surface area (Å²) in [6, 6.07) is 21.0. The Morgan fingerprint density at radius 3 is 2.26 bits per heavy atom. The first-order valence-corrected chi connectivity index (χ1v) is 12.1. The van der Waals surface area contributed by atoms with Gasteiger partial charge in [0.25, 0.3) is 5.91 Å². The third kappa shape index (κ3) is 12.3. The first kappa shape index (κ1) is 32.0. The molecule has 0 bridgehead atoms. The number of aliphatic imine (C=N–C) groups is 1. The number of aliphatic hydroxyl groups is 1. The average molecular weight is 530 g/mol. The number of anilines is 1. The van der Waals surface area contributed by atoms with Crippen molar-refractivity contribution in [1.29, 1.82) is 0 Å². The first-order valence-electron chi connectivity index (χ1n) is 12.1. The number of hydrogen-bond acceptors (Lipinski definition) is 4. The maximum absolute atomic E-state index is 13.5. The van der Waals surface area contributed by atoms with Gasteiger partial charge in [-0.15, -0.1) is 0 Å². The number of ketones is 1. The van der Waals surface area contributed by atoms with Gasteiger partial charge in [0.05, 0.1) is 17.6 Å². The standard InChI is InChI=1S/C14H11FO.C14H21N3O.CH2F2O/c1-10(16)11-5-4-6-12(9-11)13-7-2-3-8-14(13)15;1-3-9-15-11-17-13-8-6-5-7-12(13)14(18)16-10-4-2;2-1(3)4/h2-9H,1H3;5-8,11H,3-4,9-10H2,1-2H3,(H,15,17)(H,16,18);1,4H. The number of halogens is 3. The van der Waals surface area contributed by atoms with E-state index in [1.54, 1.807) is 54.9 Å². The molecule has 204 valence electrons. The van der Waals surface area contributed by atoms with E-state index in [0.29, 0.717) is 23.2 Å².